The zero-order chi connectivity index (χ0) is 14.8. The van der Waals surface area contributed by atoms with Crippen LogP contribution in [0.25, 0.3) is 11.3 Å². The van der Waals surface area contributed by atoms with Gasteiger partial charge in [-0.2, -0.15) is 0 Å². The van der Waals surface area contributed by atoms with Gasteiger partial charge in [0.25, 0.3) is 0 Å². The summed E-state index contributed by atoms with van der Waals surface area (Å²) in [5, 5.41) is 0. The van der Waals surface area contributed by atoms with E-state index >= 15 is 0 Å². The molecular formula is C15H17BrFN3. The first kappa shape index (κ1) is 15.1. The monoisotopic (exact) mass is 337 g/mol. The van der Waals surface area contributed by atoms with E-state index in [9.17, 15) is 4.39 Å². The van der Waals surface area contributed by atoms with Gasteiger partial charge in [0.05, 0.1) is 5.69 Å². The van der Waals surface area contributed by atoms with Crippen LogP contribution in [0.15, 0.2) is 34.9 Å². The second kappa shape index (κ2) is 5.97. The molecule has 0 radical (unpaired) electrons. The summed E-state index contributed by atoms with van der Waals surface area (Å²) < 4.78 is 14.7. The molecule has 1 heterocycles. The first-order valence-electron chi connectivity index (χ1n) is 6.39. The highest BCUT2D eigenvalue weighted by Crippen LogP contribution is 2.25. The van der Waals surface area contributed by atoms with Gasteiger partial charge in [0.1, 0.15) is 11.6 Å². The number of rotatable bonds is 4. The Balaban J connectivity index is 2.37. The van der Waals surface area contributed by atoms with Crippen molar-refractivity contribution in [2.45, 2.75) is 20.3 Å². The Morgan fingerprint density at radius 3 is 2.75 bits per heavy atom. The van der Waals surface area contributed by atoms with Gasteiger partial charge >= 0.3 is 0 Å². The second-order valence-electron chi connectivity index (χ2n) is 5.53. The summed E-state index contributed by atoms with van der Waals surface area (Å²) in [5.74, 6) is 0.383. The van der Waals surface area contributed by atoms with Crippen LogP contribution in [-0.2, 0) is 6.42 Å². The van der Waals surface area contributed by atoms with Gasteiger partial charge in [-0.15, -0.1) is 0 Å². The Hall–Kier alpha value is -1.33. The molecule has 0 aliphatic rings. The van der Waals surface area contributed by atoms with E-state index < -0.39 is 0 Å². The molecule has 0 bridgehead atoms. The highest BCUT2D eigenvalue weighted by atomic mass is 79.9. The van der Waals surface area contributed by atoms with Crippen LogP contribution < -0.4 is 5.73 Å². The molecule has 0 spiro atoms. The number of hydrogen-bond acceptors (Lipinski definition) is 3. The highest BCUT2D eigenvalue weighted by Gasteiger charge is 2.18. The van der Waals surface area contributed by atoms with E-state index in [2.05, 4.69) is 39.7 Å². The summed E-state index contributed by atoms with van der Waals surface area (Å²) in [7, 11) is 0. The van der Waals surface area contributed by atoms with Crippen molar-refractivity contribution in [1.82, 2.24) is 9.97 Å². The molecule has 0 amide bonds. The number of nitrogens with two attached hydrogens (primary N) is 1. The number of nitrogens with zero attached hydrogens (tertiary/aromatic N) is 2. The predicted molar refractivity (Wildman–Crippen MR) is 81.7 cm³/mol. The molecule has 5 heteroatoms. The fourth-order valence-electron chi connectivity index (χ4n) is 1.83. The van der Waals surface area contributed by atoms with Crippen LogP contribution in [0.3, 0.4) is 0 Å². The third kappa shape index (κ3) is 3.61. The minimum Gasteiger partial charge on any atom is -0.330 e. The van der Waals surface area contributed by atoms with Crippen molar-refractivity contribution >= 4 is 15.9 Å². The third-order valence-corrected chi connectivity index (χ3v) is 3.59. The van der Waals surface area contributed by atoms with Crippen LogP contribution in [0.5, 0.6) is 0 Å². The number of halogens is 2. The number of hydrogen-bond donors (Lipinski definition) is 1. The van der Waals surface area contributed by atoms with Crippen LogP contribution in [0, 0.1) is 11.2 Å². The predicted octanol–water partition coefficient (Wildman–Crippen LogP) is 3.57. The standard InChI is InChI=1S/C15H17BrFN3/c1-15(2,9-18)8-14-19-6-5-13(20-14)11-7-10(16)3-4-12(11)17/h3-7H,8-9,18H2,1-2H3. The van der Waals surface area contributed by atoms with E-state index in [1.807, 2.05) is 0 Å². The van der Waals surface area contributed by atoms with Gasteiger partial charge in [-0.05, 0) is 36.2 Å². The van der Waals surface area contributed by atoms with Crippen LogP contribution in [0.2, 0.25) is 0 Å². The van der Waals surface area contributed by atoms with Crippen molar-refractivity contribution in [2.24, 2.45) is 11.1 Å². The molecule has 3 nitrogen and oxygen atoms in total. The Bertz CT molecular complexity index is 614. The summed E-state index contributed by atoms with van der Waals surface area (Å²) in [6.07, 6.45) is 2.32. The molecule has 106 valence electrons. The van der Waals surface area contributed by atoms with Gasteiger partial charge in [-0.25, -0.2) is 14.4 Å². The molecule has 2 aromatic rings. The van der Waals surface area contributed by atoms with E-state index in [-0.39, 0.29) is 11.2 Å². The minimum atomic E-state index is -0.295. The number of benzene rings is 1. The third-order valence-electron chi connectivity index (χ3n) is 3.10. The van der Waals surface area contributed by atoms with Gasteiger partial charge in [0, 0.05) is 22.7 Å². The molecule has 1 aromatic heterocycles. The van der Waals surface area contributed by atoms with Gasteiger partial charge in [-0.3, -0.25) is 0 Å². The van der Waals surface area contributed by atoms with Crippen LogP contribution >= 0.6 is 15.9 Å². The van der Waals surface area contributed by atoms with Crippen LogP contribution in [-0.4, -0.2) is 16.5 Å². The highest BCUT2D eigenvalue weighted by molar-refractivity contribution is 9.10. The van der Waals surface area contributed by atoms with Crippen molar-refractivity contribution in [3.63, 3.8) is 0 Å². The zero-order valence-electron chi connectivity index (χ0n) is 11.5. The molecule has 0 aliphatic carbocycles. The summed E-state index contributed by atoms with van der Waals surface area (Å²) in [6.45, 7) is 4.66. The van der Waals surface area contributed by atoms with E-state index in [0.29, 0.717) is 30.0 Å². The van der Waals surface area contributed by atoms with Gasteiger partial charge in [0.15, 0.2) is 0 Å². The lowest BCUT2D eigenvalue weighted by Gasteiger charge is -2.21. The van der Waals surface area contributed by atoms with E-state index in [0.717, 1.165) is 4.47 Å². The quantitative estimate of drug-likeness (QED) is 0.927. The summed E-state index contributed by atoms with van der Waals surface area (Å²) in [5.41, 5.74) is 6.70. The van der Waals surface area contributed by atoms with Crippen LogP contribution in [0.1, 0.15) is 19.7 Å². The maximum atomic E-state index is 13.9. The number of aromatic nitrogens is 2. The van der Waals surface area contributed by atoms with E-state index in [1.165, 1.54) is 6.07 Å². The molecule has 0 saturated heterocycles. The molecule has 2 rings (SSSR count). The fraction of sp³-hybridized carbons (Fsp3) is 0.333. The van der Waals surface area contributed by atoms with Gasteiger partial charge < -0.3 is 5.73 Å². The maximum Gasteiger partial charge on any atom is 0.132 e. The Morgan fingerprint density at radius 2 is 2.05 bits per heavy atom. The summed E-state index contributed by atoms with van der Waals surface area (Å²) >= 11 is 3.35. The molecule has 0 atom stereocenters. The zero-order valence-corrected chi connectivity index (χ0v) is 13.1. The maximum absolute atomic E-state index is 13.9. The first-order valence-corrected chi connectivity index (χ1v) is 7.18. The summed E-state index contributed by atoms with van der Waals surface area (Å²) in [6, 6.07) is 6.52. The van der Waals surface area contributed by atoms with Crippen molar-refractivity contribution in [3.05, 3.63) is 46.6 Å². The van der Waals surface area contributed by atoms with E-state index in [4.69, 9.17) is 5.73 Å². The van der Waals surface area contributed by atoms with E-state index in [1.54, 1.807) is 24.4 Å². The van der Waals surface area contributed by atoms with Crippen molar-refractivity contribution in [2.75, 3.05) is 6.54 Å². The van der Waals surface area contributed by atoms with Gasteiger partial charge in [0.2, 0.25) is 0 Å². The largest absolute Gasteiger partial charge is 0.330 e. The molecule has 1 aromatic carbocycles. The SMILES string of the molecule is CC(C)(CN)Cc1nccc(-c2cc(Br)ccc2F)n1. The molecule has 2 N–H and O–H groups in total. The lowest BCUT2D eigenvalue weighted by atomic mass is 9.89. The molecule has 20 heavy (non-hydrogen) atoms. The average molecular weight is 338 g/mol. The fourth-order valence-corrected chi connectivity index (χ4v) is 2.19. The topological polar surface area (TPSA) is 51.8 Å². The molecule has 0 fully saturated rings. The van der Waals surface area contributed by atoms with Crippen molar-refractivity contribution < 1.29 is 4.39 Å². The molecular weight excluding hydrogens is 321 g/mol. The van der Waals surface area contributed by atoms with Crippen molar-refractivity contribution in [3.8, 4) is 11.3 Å². The second-order valence-corrected chi connectivity index (χ2v) is 6.44. The minimum absolute atomic E-state index is 0.0750. The first-order chi connectivity index (χ1) is 9.41. The lowest BCUT2D eigenvalue weighted by molar-refractivity contribution is 0.368. The average Bonchev–Trinajstić information content (AvgIpc) is 2.41. The molecule has 0 saturated carbocycles. The normalized spacial score (nSPS) is 11.7. The summed E-state index contributed by atoms with van der Waals surface area (Å²) in [4.78, 5) is 8.70. The molecule has 0 aliphatic heterocycles. The smallest absolute Gasteiger partial charge is 0.132 e. The van der Waals surface area contributed by atoms with Crippen LogP contribution in [0.4, 0.5) is 4.39 Å². The molecule has 0 unspecified atom stereocenters. The van der Waals surface area contributed by atoms with Gasteiger partial charge in [-0.1, -0.05) is 29.8 Å². The Kier molecular flexibility index (Phi) is 4.50. The Labute approximate surface area is 126 Å². The lowest BCUT2D eigenvalue weighted by Crippen LogP contribution is -2.26. The van der Waals surface area contributed by atoms with Crippen molar-refractivity contribution in [1.29, 1.82) is 0 Å². The Morgan fingerprint density at radius 1 is 1.30 bits per heavy atom.